The maximum atomic E-state index is 11.2. The van der Waals surface area contributed by atoms with Gasteiger partial charge in [-0.2, -0.15) is 0 Å². The van der Waals surface area contributed by atoms with Gasteiger partial charge in [0.05, 0.1) is 18.3 Å². The molecule has 0 radical (unpaired) electrons. The van der Waals surface area contributed by atoms with Gasteiger partial charge >= 0.3 is 6.09 Å². The van der Waals surface area contributed by atoms with Crippen molar-refractivity contribution in [3.8, 4) is 17.0 Å². The van der Waals surface area contributed by atoms with E-state index in [1.807, 2.05) is 18.2 Å². The Balaban J connectivity index is 1.58. The fourth-order valence-corrected chi connectivity index (χ4v) is 4.21. The van der Waals surface area contributed by atoms with Gasteiger partial charge < -0.3 is 25.4 Å². The van der Waals surface area contributed by atoms with Crippen molar-refractivity contribution in [1.82, 2.24) is 19.9 Å². The van der Waals surface area contributed by atoms with Crippen LogP contribution in [0, 0.1) is 0 Å². The summed E-state index contributed by atoms with van der Waals surface area (Å²) in [6, 6.07) is 7.85. The molecule has 0 unspecified atom stereocenters. The van der Waals surface area contributed by atoms with Crippen LogP contribution < -0.4 is 15.4 Å². The fraction of sp³-hybridized carbons (Fsp3) is 0.364. The lowest BCUT2D eigenvalue weighted by Crippen LogP contribution is -2.48. The van der Waals surface area contributed by atoms with Crippen molar-refractivity contribution in [2.24, 2.45) is 0 Å². The fourth-order valence-electron chi connectivity index (χ4n) is 4.21. The summed E-state index contributed by atoms with van der Waals surface area (Å²) < 4.78 is 5.75. The number of aromatic nitrogens is 3. The monoisotopic (exact) mass is 420 g/mol. The lowest BCUT2D eigenvalue weighted by atomic mass is 9.99. The smallest absolute Gasteiger partial charge is 0.407 e. The summed E-state index contributed by atoms with van der Waals surface area (Å²) in [5.74, 6) is 2.45. The number of fused-ring (bicyclic) bond motifs is 1. The number of nitrogens with two attached hydrogens (primary N) is 1. The summed E-state index contributed by atoms with van der Waals surface area (Å²) in [4.78, 5) is 28.4. The number of hydrogen-bond donors (Lipinski definition) is 2. The number of methoxy groups -OCH3 is 1. The molecule has 1 aliphatic carbocycles. The molecule has 3 aromatic rings. The van der Waals surface area contributed by atoms with Crippen LogP contribution in [0.5, 0.6) is 5.75 Å². The maximum absolute atomic E-state index is 11.2. The first-order valence-corrected chi connectivity index (χ1v) is 10.4. The van der Waals surface area contributed by atoms with Crippen LogP contribution in [0.2, 0.25) is 0 Å². The Morgan fingerprint density at radius 1 is 1.16 bits per heavy atom. The number of anilines is 2. The molecule has 2 aromatic heterocycles. The molecule has 2 fully saturated rings. The molecule has 0 spiro atoms. The Morgan fingerprint density at radius 3 is 2.61 bits per heavy atom. The highest BCUT2D eigenvalue weighted by molar-refractivity contribution is 5.95. The summed E-state index contributed by atoms with van der Waals surface area (Å²) in [6.45, 7) is 2.03. The SMILES string of the molecule is COc1cc2c(N3CCN(C(=O)O)CC3)ncnc2cc1-c1nc(N)ccc1C1CC1. The lowest BCUT2D eigenvalue weighted by Gasteiger charge is -2.34. The summed E-state index contributed by atoms with van der Waals surface area (Å²) in [5.41, 5.74) is 9.69. The number of benzene rings is 1. The molecular weight excluding hydrogens is 396 g/mol. The van der Waals surface area contributed by atoms with E-state index in [2.05, 4.69) is 25.9 Å². The minimum Gasteiger partial charge on any atom is -0.496 e. The molecule has 1 saturated carbocycles. The number of rotatable bonds is 4. The summed E-state index contributed by atoms with van der Waals surface area (Å²) in [5, 5.41) is 10.1. The van der Waals surface area contributed by atoms with E-state index in [-0.39, 0.29) is 0 Å². The molecule has 31 heavy (non-hydrogen) atoms. The summed E-state index contributed by atoms with van der Waals surface area (Å²) in [6.07, 6.45) is 2.97. The second-order valence-corrected chi connectivity index (χ2v) is 7.97. The van der Waals surface area contributed by atoms with E-state index in [0.29, 0.717) is 43.7 Å². The number of hydrogen-bond acceptors (Lipinski definition) is 7. The van der Waals surface area contributed by atoms with Crippen LogP contribution >= 0.6 is 0 Å². The molecule has 1 amide bonds. The molecule has 2 aliphatic rings. The average Bonchev–Trinajstić information content (AvgIpc) is 3.63. The quantitative estimate of drug-likeness (QED) is 0.661. The van der Waals surface area contributed by atoms with Crippen molar-refractivity contribution >= 4 is 28.6 Å². The molecular formula is C22H24N6O3. The number of carboxylic acid groups (broad SMARTS) is 1. The molecule has 1 saturated heterocycles. The standard InChI is InChI=1S/C22H24N6O3/c1-31-18-11-15-17(10-16(18)20-14(13-2-3-13)4-5-19(23)26-20)24-12-25-21(15)27-6-8-28(9-7-27)22(29)30/h4-5,10-13H,2-3,6-9H2,1H3,(H2,23,26)(H,29,30). The van der Waals surface area contributed by atoms with Crippen molar-refractivity contribution in [2.45, 2.75) is 18.8 Å². The highest BCUT2D eigenvalue weighted by Gasteiger charge is 2.29. The van der Waals surface area contributed by atoms with Gasteiger partial charge in [-0.1, -0.05) is 6.07 Å². The molecule has 5 rings (SSSR count). The maximum Gasteiger partial charge on any atom is 0.407 e. The van der Waals surface area contributed by atoms with E-state index >= 15 is 0 Å². The van der Waals surface area contributed by atoms with Crippen molar-refractivity contribution < 1.29 is 14.6 Å². The van der Waals surface area contributed by atoms with E-state index in [1.165, 1.54) is 10.5 Å². The van der Waals surface area contributed by atoms with E-state index in [0.717, 1.165) is 40.8 Å². The minimum absolute atomic E-state index is 0.439. The van der Waals surface area contributed by atoms with Gasteiger partial charge in [-0.25, -0.2) is 19.7 Å². The normalized spacial score (nSPS) is 16.5. The Kier molecular flexibility index (Phi) is 4.72. The number of nitrogen functional groups attached to an aromatic ring is 1. The lowest BCUT2D eigenvalue weighted by molar-refractivity contribution is 0.142. The van der Waals surface area contributed by atoms with Crippen LogP contribution in [0.4, 0.5) is 16.4 Å². The van der Waals surface area contributed by atoms with Crippen LogP contribution in [0.1, 0.15) is 24.3 Å². The van der Waals surface area contributed by atoms with E-state index in [1.54, 1.807) is 13.4 Å². The van der Waals surface area contributed by atoms with Crippen molar-refractivity contribution in [1.29, 1.82) is 0 Å². The third kappa shape index (κ3) is 3.56. The van der Waals surface area contributed by atoms with Gasteiger partial charge in [0.15, 0.2) is 0 Å². The van der Waals surface area contributed by atoms with E-state index in [9.17, 15) is 9.90 Å². The molecule has 0 atom stereocenters. The third-order valence-electron chi connectivity index (χ3n) is 6.01. The molecule has 9 heteroatoms. The Hall–Kier alpha value is -3.62. The first-order valence-electron chi connectivity index (χ1n) is 10.4. The number of piperazine rings is 1. The molecule has 3 N–H and O–H groups in total. The van der Waals surface area contributed by atoms with Crippen molar-refractivity contribution in [3.05, 3.63) is 36.2 Å². The predicted octanol–water partition coefficient (Wildman–Crippen LogP) is 2.96. The molecule has 9 nitrogen and oxygen atoms in total. The predicted molar refractivity (Wildman–Crippen MR) is 118 cm³/mol. The van der Waals surface area contributed by atoms with E-state index < -0.39 is 6.09 Å². The number of amides is 1. The van der Waals surface area contributed by atoms with Gasteiger partial charge in [0.25, 0.3) is 0 Å². The average molecular weight is 420 g/mol. The van der Waals surface area contributed by atoms with Gasteiger partial charge in [-0.15, -0.1) is 0 Å². The second kappa shape index (κ2) is 7.57. The molecule has 0 bridgehead atoms. The van der Waals surface area contributed by atoms with Gasteiger partial charge in [-0.05, 0) is 42.5 Å². The molecule has 1 aliphatic heterocycles. The zero-order valence-electron chi connectivity index (χ0n) is 17.3. The van der Waals surface area contributed by atoms with Crippen LogP contribution in [-0.2, 0) is 0 Å². The largest absolute Gasteiger partial charge is 0.496 e. The number of carbonyl (C=O) groups is 1. The third-order valence-corrected chi connectivity index (χ3v) is 6.01. The van der Waals surface area contributed by atoms with Crippen LogP contribution in [0.3, 0.4) is 0 Å². The van der Waals surface area contributed by atoms with Gasteiger partial charge in [-0.3, -0.25) is 0 Å². The first kappa shape index (κ1) is 19.3. The van der Waals surface area contributed by atoms with Crippen LogP contribution in [-0.4, -0.2) is 64.3 Å². The number of ether oxygens (including phenoxy) is 1. The van der Waals surface area contributed by atoms with Gasteiger partial charge in [0.1, 0.15) is 23.7 Å². The summed E-state index contributed by atoms with van der Waals surface area (Å²) >= 11 is 0. The Labute approximate surface area is 179 Å². The summed E-state index contributed by atoms with van der Waals surface area (Å²) in [7, 11) is 1.64. The minimum atomic E-state index is -0.889. The van der Waals surface area contributed by atoms with Gasteiger partial charge in [0, 0.05) is 37.1 Å². The first-order chi connectivity index (χ1) is 15.0. The molecule has 1 aromatic carbocycles. The number of nitrogens with zero attached hydrogens (tertiary/aromatic N) is 5. The Bertz CT molecular complexity index is 1160. The zero-order valence-corrected chi connectivity index (χ0v) is 17.3. The molecule has 3 heterocycles. The highest BCUT2D eigenvalue weighted by atomic mass is 16.5. The van der Waals surface area contributed by atoms with E-state index in [4.69, 9.17) is 10.5 Å². The zero-order chi connectivity index (χ0) is 21.5. The second-order valence-electron chi connectivity index (χ2n) is 7.97. The topological polar surface area (TPSA) is 118 Å². The van der Waals surface area contributed by atoms with Crippen molar-refractivity contribution in [3.63, 3.8) is 0 Å². The van der Waals surface area contributed by atoms with Crippen LogP contribution in [0.15, 0.2) is 30.6 Å². The number of pyridine rings is 1. The van der Waals surface area contributed by atoms with Gasteiger partial charge in [0.2, 0.25) is 0 Å². The highest BCUT2D eigenvalue weighted by Crippen LogP contribution is 2.46. The molecule has 160 valence electrons. The van der Waals surface area contributed by atoms with Crippen LogP contribution in [0.25, 0.3) is 22.2 Å². The Morgan fingerprint density at radius 2 is 1.94 bits per heavy atom. The van der Waals surface area contributed by atoms with Crippen molar-refractivity contribution in [2.75, 3.05) is 43.9 Å².